The second-order valence-corrected chi connectivity index (χ2v) is 6.13. The fourth-order valence-electron chi connectivity index (χ4n) is 2.34. The van der Waals surface area contributed by atoms with Crippen molar-refractivity contribution in [2.45, 2.75) is 12.5 Å². The lowest BCUT2D eigenvalue weighted by Crippen LogP contribution is -2.47. The van der Waals surface area contributed by atoms with Crippen LogP contribution in [0.25, 0.3) is 0 Å². The molecule has 122 valence electrons. The summed E-state index contributed by atoms with van der Waals surface area (Å²) in [5.74, 6) is -0.490. The van der Waals surface area contributed by atoms with Crippen molar-refractivity contribution in [3.63, 3.8) is 0 Å². The van der Waals surface area contributed by atoms with E-state index in [-0.39, 0.29) is 24.3 Å². The highest BCUT2D eigenvalue weighted by molar-refractivity contribution is 6.31. The zero-order valence-electron chi connectivity index (χ0n) is 12.4. The zero-order chi connectivity index (χ0) is 17.1. The molecule has 0 spiro atoms. The molecule has 0 fully saturated rings. The van der Waals surface area contributed by atoms with E-state index < -0.39 is 5.91 Å². The number of rotatable bonds is 2. The third kappa shape index (κ3) is 3.93. The van der Waals surface area contributed by atoms with Gasteiger partial charge in [0.1, 0.15) is 0 Å². The molecule has 0 unspecified atom stereocenters. The molecule has 1 heterocycles. The van der Waals surface area contributed by atoms with Gasteiger partial charge >= 0.3 is 0 Å². The van der Waals surface area contributed by atoms with Crippen LogP contribution in [-0.2, 0) is 4.79 Å². The van der Waals surface area contributed by atoms with E-state index in [9.17, 15) is 9.59 Å². The number of hydrogen-bond acceptors (Lipinski definition) is 3. The van der Waals surface area contributed by atoms with Gasteiger partial charge in [-0.05, 0) is 35.9 Å². The van der Waals surface area contributed by atoms with Crippen molar-refractivity contribution in [1.29, 1.82) is 0 Å². The minimum atomic E-state index is -0.395. The van der Waals surface area contributed by atoms with Gasteiger partial charge in [0, 0.05) is 15.6 Å². The van der Waals surface area contributed by atoms with E-state index in [0.29, 0.717) is 15.6 Å². The molecular weight excluding hydrogens is 349 g/mol. The van der Waals surface area contributed by atoms with E-state index in [1.807, 2.05) is 12.1 Å². The summed E-state index contributed by atoms with van der Waals surface area (Å²) in [6, 6.07) is 13.3. The maximum atomic E-state index is 12.2. The number of amides is 2. The first-order chi connectivity index (χ1) is 11.5. The molecule has 1 aliphatic rings. The van der Waals surface area contributed by atoms with E-state index in [1.54, 1.807) is 36.4 Å². The van der Waals surface area contributed by atoms with Gasteiger partial charge in [-0.3, -0.25) is 20.2 Å². The van der Waals surface area contributed by atoms with E-state index in [2.05, 4.69) is 15.6 Å². The summed E-state index contributed by atoms with van der Waals surface area (Å²) >= 11 is 11.8. The van der Waals surface area contributed by atoms with Crippen LogP contribution in [0.15, 0.2) is 53.5 Å². The summed E-state index contributed by atoms with van der Waals surface area (Å²) in [5, 5.41) is 6.22. The van der Waals surface area contributed by atoms with Crippen molar-refractivity contribution in [2.75, 3.05) is 0 Å². The van der Waals surface area contributed by atoms with Crippen molar-refractivity contribution in [2.24, 2.45) is 4.99 Å². The number of nitrogens with one attached hydrogen (secondary N) is 2. The third-order valence-corrected chi connectivity index (χ3v) is 3.98. The summed E-state index contributed by atoms with van der Waals surface area (Å²) in [4.78, 5) is 28.5. The van der Waals surface area contributed by atoms with Gasteiger partial charge in [0.2, 0.25) is 11.9 Å². The zero-order valence-corrected chi connectivity index (χ0v) is 13.9. The summed E-state index contributed by atoms with van der Waals surface area (Å²) in [6.45, 7) is 0. The number of hydrogen-bond donors (Lipinski definition) is 2. The average Bonchev–Trinajstić information content (AvgIpc) is 2.55. The minimum absolute atomic E-state index is 0.121. The summed E-state index contributed by atoms with van der Waals surface area (Å²) < 4.78 is 0. The highest BCUT2D eigenvalue weighted by atomic mass is 35.5. The summed E-state index contributed by atoms with van der Waals surface area (Å²) in [5.41, 5.74) is 1.23. The van der Waals surface area contributed by atoms with Gasteiger partial charge in [0.25, 0.3) is 5.91 Å². The molecule has 3 rings (SSSR count). The molecule has 1 aliphatic heterocycles. The molecule has 0 radical (unpaired) electrons. The van der Waals surface area contributed by atoms with Crippen LogP contribution in [-0.4, -0.2) is 17.8 Å². The van der Waals surface area contributed by atoms with Gasteiger partial charge in [0.05, 0.1) is 12.5 Å². The quantitative estimate of drug-likeness (QED) is 0.860. The maximum absolute atomic E-state index is 12.2. The number of aliphatic imine (C=N–C) groups is 1. The second-order valence-electron chi connectivity index (χ2n) is 5.26. The Balaban J connectivity index is 1.80. The van der Waals surface area contributed by atoms with Gasteiger partial charge in [-0.25, -0.2) is 4.99 Å². The smallest absolute Gasteiger partial charge is 0.258 e. The number of nitrogens with zero attached hydrogens (tertiary/aromatic N) is 1. The molecule has 0 saturated carbocycles. The van der Waals surface area contributed by atoms with Crippen molar-refractivity contribution >= 4 is 41.0 Å². The first kappa shape index (κ1) is 16.5. The van der Waals surface area contributed by atoms with Gasteiger partial charge in [0.15, 0.2) is 0 Å². The van der Waals surface area contributed by atoms with Gasteiger partial charge in [-0.1, -0.05) is 41.4 Å². The number of carbonyl (C=O) groups is 2. The predicted molar refractivity (Wildman–Crippen MR) is 93.3 cm³/mol. The monoisotopic (exact) mass is 361 g/mol. The largest absolute Gasteiger partial charge is 0.296 e. The third-order valence-electron chi connectivity index (χ3n) is 3.50. The van der Waals surface area contributed by atoms with Crippen LogP contribution >= 0.6 is 23.2 Å². The lowest BCUT2D eigenvalue weighted by Gasteiger charge is -2.21. The molecular formula is C17H13Cl2N3O2. The molecule has 7 heteroatoms. The Morgan fingerprint density at radius 2 is 1.88 bits per heavy atom. The van der Waals surface area contributed by atoms with Gasteiger partial charge in [-0.2, -0.15) is 0 Å². The highest BCUT2D eigenvalue weighted by Gasteiger charge is 2.23. The summed E-state index contributed by atoms with van der Waals surface area (Å²) in [6.07, 6.45) is 0.207. The van der Waals surface area contributed by atoms with Crippen molar-refractivity contribution < 1.29 is 9.59 Å². The van der Waals surface area contributed by atoms with Crippen LogP contribution in [0.1, 0.15) is 28.4 Å². The van der Waals surface area contributed by atoms with Crippen LogP contribution in [0.4, 0.5) is 0 Å². The molecule has 1 atom stereocenters. The minimum Gasteiger partial charge on any atom is -0.296 e. The molecule has 2 aromatic rings. The first-order valence-electron chi connectivity index (χ1n) is 7.21. The first-order valence-corrected chi connectivity index (χ1v) is 7.97. The highest BCUT2D eigenvalue weighted by Crippen LogP contribution is 2.24. The van der Waals surface area contributed by atoms with E-state index >= 15 is 0 Å². The predicted octanol–water partition coefficient (Wildman–Crippen LogP) is 3.34. The van der Waals surface area contributed by atoms with Gasteiger partial charge < -0.3 is 0 Å². The van der Waals surface area contributed by atoms with Gasteiger partial charge in [-0.15, -0.1) is 0 Å². The normalized spacial score (nSPS) is 17.0. The van der Waals surface area contributed by atoms with Crippen LogP contribution in [0.5, 0.6) is 0 Å². The van der Waals surface area contributed by atoms with Crippen LogP contribution in [0, 0.1) is 0 Å². The van der Waals surface area contributed by atoms with Crippen molar-refractivity contribution in [3.8, 4) is 0 Å². The Bertz CT molecular complexity index is 819. The topological polar surface area (TPSA) is 70.6 Å². The summed E-state index contributed by atoms with van der Waals surface area (Å²) in [7, 11) is 0. The lowest BCUT2D eigenvalue weighted by molar-refractivity contribution is -0.120. The molecule has 0 aromatic heterocycles. The number of halogens is 2. The molecule has 2 aromatic carbocycles. The standard InChI is InChI=1S/C17H13Cl2N3O2/c18-12-6-4-10(5-7-12)14-9-15(23)21-17(20-14)22-16(24)11-2-1-3-13(19)8-11/h1-8,14H,9H2,(H2,20,21,22,23,24)/t14-/m1/s1. The van der Waals surface area contributed by atoms with Crippen LogP contribution in [0.2, 0.25) is 10.0 Å². The fraction of sp³-hybridized carbons (Fsp3) is 0.118. The van der Waals surface area contributed by atoms with Crippen molar-refractivity contribution in [1.82, 2.24) is 10.6 Å². The Morgan fingerprint density at radius 3 is 2.58 bits per heavy atom. The Kier molecular flexibility index (Phi) is 4.83. The van der Waals surface area contributed by atoms with E-state index in [1.165, 1.54) is 0 Å². The fourth-order valence-corrected chi connectivity index (χ4v) is 2.66. The van der Waals surface area contributed by atoms with Crippen molar-refractivity contribution in [3.05, 3.63) is 69.7 Å². The van der Waals surface area contributed by atoms with E-state index in [0.717, 1.165) is 5.56 Å². The van der Waals surface area contributed by atoms with Crippen LogP contribution in [0.3, 0.4) is 0 Å². The molecule has 0 aliphatic carbocycles. The number of guanidine groups is 1. The molecule has 2 N–H and O–H groups in total. The molecule has 0 bridgehead atoms. The molecule has 0 saturated heterocycles. The number of carbonyl (C=O) groups excluding carboxylic acids is 2. The Hall–Kier alpha value is -2.37. The molecule has 5 nitrogen and oxygen atoms in total. The average molecular weight is 362 g/mol. The van der Waals surface area contributed by atoms with E-state index in [4.69, 9.17) is 23.2 Å². The Labute approximate surface area is 148 Å². The SMILES string of the molecule is O=C1C[C@H](c2ccc(Cl)cc2)N=C(NC(=O)c2cccc(Cl)c2)N1. The van der Waals surface area contributed by atoms with Crippen LogP contribution < -0.4 is 10.6 Å². The number of benzene rings is 2. The maximum Gasteiger partial charge on any atom is 0.258 e. The Morgan fingerprint density at radius 1 is 1.12 bits per heavy atom. The lowest BCUT2D eigenvalue weighted by atomic mass is 10.0. The second kappa shape index (κ2) is 7.03. The molecule has 2 amide bonds. The molecule has 24 heavy (non-hydrogen) atoms.